The maximum atomic E-state index is 8.65. The van der Waals surface area contributed by atoms with Crippen molar-refractivity contribution < 1.29 is 4.74 Å². The van der Waals surface area contributed by atoms with Crippen LogP contribution in [0.2, 0.25) is 0 Å². The molecular weight excluding hydrogens is 202 g/mol. The molecule has 0 aliphatic rings. The van der Waals surface area contributed by atoms with Gasteiger partial charge in [-0.15, -0.1) is 0 Å². The standard InChI is InChI=1S/C12H9N3O/c13-7-11-6-12(15-9-14-11)16-8-10-4-2-1-3-5-10/h1-6,9H,8H2. The van der Waals surface area contributed by atoms with Crippen molar-refractivity contribution in [3.8, 4) is 11.9 Å². The lowest BCUT2D eigenvalue weighted by atomic mass is 10.2. The molecule has 0 bridgehead atoms. The van der Waals surface area contributed by atoms with Crippen LogP contribution in [0.5, 0.6) is 5.88 Å². The molecule has 0 atom stereocenters. The highest BCUT2D eigenvalue weighted by atomic mass is 16.5. The molecule has 0 N–H and O–H groups in total. The van der Waals surface area contributed by atoms with Crippen LogP contribution in [0.4, 0.5) is 0 Å². The molecule has 0 amide bonds. The minimum Gasteiger partial charge on any atom is -0.473 e. The topological polar surface area (TPSA) is 58.8 Å². The van der Waals surface area contributed by atoms with Gasteiger partial charge in [-0.1, -0.05) is 30.3 Å². The smallest absolute Gasteiger partial charge is 0.217 e. The average molecular weight is 211 g/mol. The Kier molecular flexibility index (Phi) is 3.10. The number of hydrogen-bond donors (Lipinski definition) is 0. The molecule has 0 spiro atoms. The third-order valence-electron chi connectivity index (χ3n) is 1.99. The SMILES string of the molecule is N#Cc1cc(OCc2ccccc2)ncn1. The summed E-state index contributed by atoms with van der Waals surface area (Å²) in [5.41, 5.74) is 1.36. The molecule has 4 heteroatoms. The molecule has 0 aliphatic heterocycles. The van der Waals surface area contributed by atoms with Crippen molar-refractivity contribution >= 4 is 0 Å². The quantitative estimate of drug-likeness (QED) is 0.778. The van der Waals surface area contributed by atoms with Crippen LogP contribution in [0, 0.1) is 11.3 Å². The van der Waals surface area contributed by atoms with Crippen molar-refractivity contribution in [3.63, 3.8) is 0 Å². The second-order valence-corrected chi connectivity index (χ2v) is 3.13. The minimum absolute atomic E-state index is 0.304. The minimum atomic E-state index is 0.304. The summed E-state index contributed by atoms with van der Waals surface area (Å²) in [7, 11) is 0. The number of hydrogen-bond acceptors (Lipinski definition) is 4. The van der Waals surface area contributed by atoms with Crippen LogP contribution in [0.15, 0.2) is 42.7 Å². The molecule has 2 rings (SSSR count). The van der Waals surface area contributed by atoms with Gasteiger partial charge in [0.15, 0.2) is 0 Å². The van der Waals surface area contributed by atoms with Gasteiger partial charge in [0.05, 0.1) is 0 Å². The van der Waals surface area contributed by atoms with E-state index in [0.29, 0.717) is 18.2 Å². The Balaban J connectivity index is 2.03. The average Bonchev–Trinajstić information content (AvgIpc) is 2.38. The normalized spacial score (nSPS) is 9.44. The fraction of sp³-hybridized carbons (Fsp3) is 0.0833. The van der Waals surface area contributed by atoms with Crippen molar-refractivity contribution in [2.75, 3.05) is 0 Å². The summed E-state index contributed by atoms with van der Waals surface area (Å²) in [5.74, 6) is 0.412. The van der Waals surface area contributed by atoms with Crippen LogP contribution in [0.1, 0.15) is 11.3 Å². The van der Waals surface area contributed by atoms with E-state index in [-0.39, 0.29) is 0 Å². The lowest BCUT2D eigenvalue weighted by molar-refractivity contribution is 0.293. The number of rotatable bonds is 3. The van der Waals surface area contributed by atoms with Crippen LogP contribution < -0.4 is 4.74 Å². The van der Waals surface area contributed by atoms with Gasteiger partial charge >= 0.3 is 0 Å². The van der Waals surface area contributed by atoms with E-state index in [4.69, 9.17) is 10.00 Å². The number of ether oxygens (including phenoxy) is 1. The first-order chi connectivity index (χ1) is 7.88. The molecule has 1 aromatic carbocycles. The predicted molar refractivity (Wildman–Crippen MR) is 57.5 cm³/mol. The second kappa shape index (κ2) is 4.89. The maximum absolute atomic E-state index is 8.65. The van der Waals surface area contributed by atoms with Crippen molar-refractivity contribution in [2.24, 2.45) is 0 Å². The highest BCUT2D eigenvalue weighted by molar-refractivity contribution is 5.24. The van der Waals surface area contributed by atoms with Gasteiger partial charge < -0.3 is 4.74 Å². The lowest BCUT2D eigenvalue weighted by Gasteiger charge is -2.04. The Labute approximate surface area is 93.2 Å². The Morgan fingerprint density at radius 2 is 2.00 bits per heavy atom. The molecule has 0 fully saturated rings. The van der Waals surface area contributed by atoms with Crippen molar-refractivity contribution in [3.05, 3.63) is 54.0 Å². The van der Waals surface area contributed by atoms with Gasteiger partial charge in [-0.05, 0) is 5.56 Å². The summed E-state index contributed by atoms with van der Waals surface area (Å²) >= 11 is 0. The number of aromatic nitrogens is 2. The Morgan fingerprint density at radius 3 is 2.75 bits per heavy atom. The van der Waals surface area contributed by atoms with E-state index in [9.17, 15) is 0 Å². The van der Waals surface area contributed by atoms with Gasteiger partial charge in [0.2, 0.25) is 5.88 Å². The van der Waals surface area contributed by atoms with E-state index in [0.717, 1.165) is 5.56 Å². The highest BCUT2D eigenvalue weighted by Crippen LogP contribution is 2.09. The van der Waals surface area contributed by atoms with Gasteiger partial charge in [-0.2, -0.15) is 5.26 Å². The van der Waals surface area contributed by atoms with Gasteiger partial charge in [0.1, 0.15) is 24.7 Å². The maximum Gasteiger partial charge on any atom is 0.217 e. The Hall–Kier alpha value is -2.41. The Morgan fingerprint density at radius 1 is 1.19 bits per heavy atom. The third kappa shape index (κ3) is 2.55. The fourth-order valence-corrected chi connectivity index (χ4v) is 1.21. The molecule has 4 nitrogen and oxygen atoms in total. The van der Waals surface area contributed by atoms with Crippen molar-refractivity contribution in [1.82, 2.24) is 9.97 Å². The molecule has 0 unspecified atom stereocenters. The first-order valence-corrected chi connectivity index (χ1v) is 4.77. The zero-order valence-corrected chi connectivity index (χ0v) is 8.50. The summed E-state index contributed by atoms with van der Waals surface area (Å²) in [6.45, 7) is 0.433. The van der Waals surface area contributed by atoms with E-state index >= 15 is 0 Å². The number of nitrogens with zero attached hydrogens (tertiary/aromatic N) is 3. The van der Waals surface area contributed by atoms with E-state index in [1.165, 1.54) is 12.4 Å². The van der Waals surface area contributed by atoms with Crippen LogP contribution in [-0.2, 0) is 6.61 Å². The first-order valence-electron chi connectivity index (χ1n) is 4.77. The summed E-state index contributed by atoms with van der Waals surface area (Å²) < 4.78 is 5.43. The highest BCUT2D eigenvalue weighted by Gasteiger charge is 1.99. The van der Waals surface area contributed by atoms with Gasteiger partial charge in [-0.25, -0.2) is 9.97 Å². The molecule has 0 aliphatic carbocycles. The van der Waals surface area contributed by atoms with Crippen molar-refractivity contribution in [2.45, 2.75) is 6.61 Å². The fourth-order valence-electron chi connectivity index (χ4n) is 1.21. The summed E-state index contributed by atoms with van der Waals surface area (Å²) in [6, 6.07) is 13.2. The zero-order valence-electron chi connectivity index (χ0n) is 8.50. The van der Waals surface area contributed by atoms with Gasteiger partial charge in [0, 0.05) is 6.07 Å². The summed E-state index contributed by atoms with van der Waals surface area (Å²) in [6.07, 6.45) is 1.32. The number of nitriles is 1. The Bertz CT molecular complexity index is 505. The molecule has 2 aromatic rings. The van der Waals surface area contributed by atoms with E-state index in [2.05, 4.69) is 9.97 Å². The van der Waals surface area contributed by atoms with Crippen LogP contribution in [0.25, 0.3) is 0 Å². The first kappa shape index (κ1) is 10.1. The van der Waals surface area contributed by atoms with E-state index in [1.54, 1.807) is 0 Å². The largest absolute Gasteiger partial charge is 0.473 e. The van der Waals surface area contributed by atoms with Gasteiger partial charge in [-0.3, -0.25) is 0 Å². The number of benzene rings is 1. The molecule has 0 saturated heterocycles. The van der Waals surface area contributed by atoms with E-state index in [1.807, 2.05) is 36.4 Å². The molecule has 0 saturated carbocycles. The molecule has 1 aromatic heterocycles. The van der Waals surface area contributed by atoms with Crippen LogP contribution in [0.3, 0.4) is 0 Å². The second-order valence-electron chi connectivity index (χ2n) is 3.13. The molecule has 0 radical (unpaired) electrons. The summed E-state index contributed by atoms with van der Waals surface area (Å²) in [5, 5.41) is 8.65. The monoisotopic (exact) mass is 211 g/mol. The van der Waals surface area contributed by atoms with Gasteiger partial charge in [0.25, 0.3) is 0 Å². The van der Waals surface area contributed by atoms with Crippen LogP contribution in [-0.4, -0.2) is 9.97 Å². The molecule has 16 heavy (non-hydrogen) atoms. The summed E-state index contributed by atoms with van der Waals surface area (Å²) in [4.78, 5) is 7.68. The lowest BCUT2D eigenvalue weighted by Crippen LogP contribution is -1.98. The molecule has 1 heterocycles. The van der Waals surface area contributed by atoms with Crippen molar-refractivity contribution in [1.29, 1.82) is 5.26 Å². The third-order valence-corrected chi connectivity index (χ3v) is 1.99. The van der Waals surface area contributed by atoms with E-state index < -0.39 is 0 Å². The zero-order chi connectivity index (χ0) is 11.2. The molecule has 78 valence electrons. The van der Waals surface area contributed by atoms with Crippen LogP contribution >= 0.6 is 0 Å². The molecular formula is C12H9N3O. The predicted octanol–water partition coefficient (Wildman–Crippen LogP) is 1.93.